The number of aromatic nitrogens is 2. The molecule has 7 nitrogen and oxygen atoms in total. The maximum atomic E-state index is 12.2. The molecule has 1 aliphatic heterocycles. The number of carbonyl (C=O) groups excluding carboxylic acids is 1. The van der Waals surface area contributed by atoms with Crippen LogP contribution in [0.1, 0.15) is 6.92 Å². The highest BCUT2D eigenvalue weighted by molar-refractivity contribution is 7.91. The van der Waals surface area contributed by atoms with Gasteiger partial charge in [-0.2, -0.15) is 5.10 Å². The third-order valence-corrected chi connectivity index (χ3v) is 5.12. The first-order chi connectivity index (χ1) is 10.2. The van der Waals surface area contributed by atoms with E-state index >= 15 is 0 Å². The van der Waals surface area contributed by atoms with Crippen molar-refractivity contribution < 1.29 is 22.0 Å². The fourth-order valence-electron chi connectivity index (χ4n) is 2.34. The number of urea groups is 1. The van der Waals surface area contributed by atoms with Gasteiger partial charge >= 0.3 is 6.03 Å². The van der Waals surface area contributed by atoms with E-state index in [0.29, 0.717) is 12.2 Å². The molecule has 0 spiro atoms. The zero-order valence-corrected chi connectivity index (χ0v) is 12.9. The summed E-state index contributed by atoms with van der Waals surface area (Å²) >= 11 is 0. The second kappa shape index (κ2) is 6.59. The van der Waals surface area contributed by atoms with Gasteiger partial charge in [0.05, 0.1) is 23.4 Å². The zero-order valence-electron chi connectivity index (χ0n) is 12.1. The second-order valence-corrected chi connectivity index (χ2v) is 7.67. The highest BCUT2D eigenvalue weighted by atomic mass is 32.2. The predicted octanol–water partition coefficient (Wildman–Crippen LogP) is 1.05. The molecule has 0 aliphatic carbocycles. The average Bonchev–Trinajstić information content (AvgIpc) is 2.73. The molecule has 0 aromatic carbocycles. The van der Waals surface area contributed by atoms with Gasteiger partial charge in [-0.3, -0.25) is 4.68 Å². The number of amides is 2. The van der Waals surface area contributed by atoms with Crippen LogP contribution in [0.3, 0.4) is 0 Å². The van der Waals surface area contributed by atoms with E-state index in [1.807, 2.05) is 0 Å². The normalized spacial score (nSPS) is 21.6. The molecule has 124 valence electrons. The minimum Gasteiger partial charge on any atom is -0.323 e. The Morgan fingerprint density at radius 3 is 2.95 bits per heavy atom. The summed E-state index contributed by atoms with van der Waals surface area (Å²) in [6.07, 6.45) is 0.0560. The van der Waals surface area contributed by atoms with Crippen LogP contribution in [0.5, 0.6) is 0 Å². The minimum absolute atomic E-state index is 0.0586. The molecule has 0 saturated carbocycles. The first kappa shape index (κ1) is 16.7. The van der Waals surface area contributed by atoms with Crippen LogP contribution in [0, 0.1) is 5.92 Å². The number of rotatable bonds is 3. The van der Waals surface area contributed by atoms with Crippen molar-refractivity contribution in [2.45, 2.75) is 19.9 Å². The Morgan fingerprint density at radius 1 is 1.55 bits per heavy atom. The van der Waals surface area contributed by atoms with Gasteiger partial charge in [0.2, 0.25) is 0 Å². The molecule has 2 heterocycles. The Labute approximate surface area is 127 Å². The molecule has 1 unspecified atom stereocenters. The van der Waals surface area contributed by atoms with Crippen LogP contribution < -0.4 is 5.32 Å². The molecule has 1 aromatic rings. The Bertz CT molecular complexity index is 632. The number of carbonyl (C=O) groups is 1. The van der Waals surface area contributed by atoms with E-state index in [2.05, 4.69) is 10.4 Å². The first-order valence-corrected chi connectivity index (χ1v) is 8.64. The van der Waals surface area contributed by atoms with Crippen LogP contribution in [0.2, 0.25) is 0 Å². The van der Waals surface area contributed by atoms with Crippen molar-refractivity contribution in [1.82, 2.24) is 14.7 Å². The number of alkyl halides is 2. The van der Waals surface area contributed by atoms with E-state index in [-0.39, 0.29) is 24.0 Å². The number of hydrogen-bond donors (Lipinski definition) is 1. The average molecular weight is 336 g/mol. The molecule has 2 amide bonds. The number of sulfone groups is 1. The van der Waals surface area contributed by atoms with Gasteiger partial charge in [-0.1, -0.05) is 6.92 Å². The molecule has 0 radical (unpaired) electrons. The molecular weight excluding hydrogens is 318 g/mol. The van der Waals surface area contributed by atoms with Crippen LogP contribution in [-0.2, 0) is 16.4 Å². The molecule has 1 atom stereocenters. The molecule has 1 aliphatic rings. The number of nitrogens with zero attached hydrogens (tertiary/aromatic N) is 3. The van der Waals surface area contributed by atoms with Gasteiger partial charge in [0.25, 0.3) is 6.43 Å². The largest absolute Gasteiger partial charge is 0.323 e. The molecule has 1 aromatic heterocycles. The minimum atomic E-state index is -3.14. The summed E-state index contributed by atoms with van der Waals surface area (Å²) in [5, 5.41) is 6.26. The van der Waals surface area contributed by atoms with Gasteiger partial charge in [0.15, 0.2) is 9.84 Å². The maximum absolute atomic E-state index is 12.2. The molecule has 2 rings (SSSR count). The summed E-state index contributed by atoms with van der Waals surface area (Å²) in [6, 6.07) is -0.458. The zero-order chi connectivity index (χ0) is 16.3. The SMILES string of the molecule is CC1CN(C(=O)Nc2cnn(CC(F)F)c2)CCS(=O)(=O)C1. The van der Waals surface area contributed by atoms with Crippen molar-refractivity contribution >= 4 is 21.6 Å². The van der Waals surface area contributed by atoms with E-state index in [1.54, 1.807) is 6.92 Å². The van der Waals surface area contributed by atoms with E-state index in [1.165, 1.54) is 17.3 Å². The molecule has 1 N–H and O–H groups in total. The summed E-state index contributed by atoms with van der Waals surface area (Å²) < 4.78 is 48.8. The Balaban J connectivity index is 1.98. The van der Waals surface area contributed by atoms with Crippen molar-refractivity contribution in [3.8, 4) is 0 Å². The van der Waals surface area contributed by atoms with E-state index < -0.39 is 28.8 Å². The van der Waals surface area contributed by atoms with E-state index in [4.69, 9.17) is 0 Å². The molecule has 10 heteroatoms. The van der Waals surface area contributed by atoms with Crippen molar-refractivity contribution in [2.24, 2.45) is 5.92 Å². The van der Waals surface area contributed by atoms with Gasteiger partial charge in [-0.25, -0.2) is 22.0 Å². The van der Waals surface area contributed by atoms with Crippen LogP contribution in [0.4, 0.5) is 19.3 Å². The molecule has 0 bridgehead atoms. The lowest BCUT2D eigenvalue weighted by Crippen LogP contribution is -2.38. The highest BCUT2D eigenvalue weighted by Gasteiger charge is 2.27. The monoisotopic (exact) mass is 336 g/mol. The fourth-order valence-corrected chi connectivity index (χ4v) is 3.98. The Hall–Kier alpha value is -1.71. The third-order valence-electron chi connectivity index (χ3n) is 3.24. The fraction of sp³-hybridized carbons (Fsp3) is 0.667. The summed E-state index contributed by atoms with van der Waals surface area (Å²) in [5.41, 5.74) is 0.297. The summed E-state index contributed by atoms with van der Waals surface area (Å²) in [6.45, 7) is 1.67. The number of anilines is 1. The number of hydrogen-bond acceptors (Lipinski definition) is 4. The quantitative estimate of drug-likeness (QED) is 0.894. The van der Waals surface area contributed by atoms with Gasteiger partial charge in [0, 0.05) is 19.3 Å². The van der Waals surface area contributed by atoms with Gasteiger partial charge < -0.3 is 10.2 Å². The standard InChI is InChI=1S/C12H18F2N4O3S/c1-9-5-17(2-3-22(20,21)8-9)12(19)16-10-4-15-18(6-10)7-11(13)14/h4,6,9,11H,2-3,5,7-8H2,1H3,(H,16,19). The Kier molecular flexibility index (Phi) is 4.99. The molecule has 22 heavy (non-hydrogen) atoms. The molecular formula is C12H18F2N4O3S. The highest BCUT2D eigenvalue weighted by Crippen LogP contribution is 2.13. The van der Waals surface area contributed by atoms with Gasteiger partial charge in [-0.15, -0.1) is 0 Å². The topological polar surface area (TPSA) is 84.3 Å². The predicted molar refractivity (Wildman–Crippen MR) is 76.6 cm³/mol. The third kappa shape index (κ3) is 4.65. The number of halogens is 2. The first-order valence-electron chi connectivity index (χ1n) is 6.82. The van der Waals surface area contributed by atoms with E-state index in [0.717, 1.165) is 4.68 Å². The maximum Gasteiger partial charge on any atom is 0.321 e. The van der Waals surface area contributed by atoms with Crippen LogP contribution in [-0.4, -0.2) is 60.1 Å². The van der Waals surface area contributed by atoms with Crippen LogP contribution in [0.25, 0.3) is 0 Å². The van der Waals surface area contributed by atoms with Gasteiger partial charge in [0.1, 0.15) is 6.54 Å². The summed E-state index contributed by atoms with van der Waals surface area (Å²) in [5.74, 6) is -0.168. The lowest BCUT2D eigenvalue weighted by Gasteiger charge is -2.21. The lowest BCUT2D eigenvalue weighted by molar-refractivity contribution is 0.122. The van der Waals surface area contributed by atoms with Crippen molar-refractivity contribution in [3.05, 3.63) is 12.4 Å². The van der Waals surface area contributed by atoms with Crippen molar-refractivity contribution in [2.75, 3.05) is 29.9 Å². The number of nitrogens with one attached hydrogen (secondary N) is 1. The molecule has 1 saturated heterocycles. The van der Waals surface area contributed by atoms with E-state index in [9.17, 15) is 22.0 Å². The Morgan fingerprint density at radius 2 is 2.27 bits per heavy atom. The second-order valence-electron chi connectivity index (χ2n) is 5.44. The summed E-state index contributed by atoms with van der Waals surface area (Å²) in [7, 11) is -3.14. The van der Waals surface area contributed by atoms with Crippen molar-refractivity contribution in [1.29, 1.82) is 0 Å². The van der Waals surface area contributed by atoms with Crippen LogP contribution in [0.15, 0.2) is 12.4 Å². The van der Waals surface area contributed by atoms with Crippen molar-refractivity contribution in [3.63, 3.8) is 0 Å². The smallest absolute Gasteiger partial charge is 0.321 e. The lowest BCUT2D eigenvalue weighted by atomic mass is 10.2. The molecule has 1 fully saturated rings. The van der Waals surface area contributed by atoms with Crippen LogP contribution >= 0.6 is 0 Å². The van der Waals surface area contributed by atoms with Gasteiger partial charge in [-0.05, 0) is 5.92 Å². The summed E-state index contributed by atoms with van der Waals surface area (Å²) in [4.78, 5) is 13.6.